The van der Waals surface area contributed by atoms with Gasteiger partial charge in [0.1, 0.15) is 0 Å². The lowest BCUT2D eigenvalue weighted by molar-refractivity contribution is -0.134. The first-order valence-electron chi connectivity index (χ1n) is 5.16. The lowest BCUT2D eigenvalue weighted by Gasteiger charge is -2.28. The van der Waals surface area contributed by atoms with Crippen LogP contribution < -0.4 is 0 Å². The number of carbonyl (C=O) groups is 1. The normalized spacial score (nSPS) is 49.9. The molecule has 0 aromatic rings. The van der Waals surface area contributed by atoms with Crippen LogP contribution in [0.3, 0.4) is 0 Å². The van der Waals surface area contributed by atoms with Crippen molar-refractivity contribution in [3.8, 4) is 0 Å². The third-order valence-corrected chi connectivity index (χ3v) is 4.15. The summed E-state index contributed by atoms with van der Waals surface area (Å²) >= 11 is 0. The molecular weight excluding hydrogens is 178 g/mol. The van der Waals surface area contributed by atoms with Crippen LogP contribution in [0.2, 0.25) is 0 Å². The summed E-state index contributed by atoms with van der Waals surface area (Å²) in [6.07, 6.45) is 2.37. The van der Waals surface area contributed by atoms with Crippen LogP contribution in [0.25, 0.3) is 0 Å². The molecule has 1 amide bonds. The predicted octanol–water partition coefficient (Wildman–Crippen LogP) is 0.808. The second kappa shape index (κ2) is 2.22. The minimum atomic E-state index is -0.308. The summed E-state index contributed by atoms with van der Waals surface area (Å²) in [5, 5.41) is 0. The van der Waals surface area contributed by atoms with Crippen molar-refractivity contribution in [2.75, 3.05) is 13.6 Å². The predicted molar refractivity (Wildman–Crippen MR) is 51.7 cm³/mol. The SMILES string of the molecule is CC1=CC2O[C@]1(C)C1C(=O)N(C)CC21. The molecule has 0 aromatic heterocycles. The molecule has 76 valence electrons. The third kappa shape index (κ3) is 0.716. The number of hydrogen-bond donors (Lipinski definition) is 0. The molecule has 3 rings (SSSR count). The van der Waals surface area contributed by atoms with E-state index in [1.54, 1.807) is 0 Å². The van der Waals surface area contributed by atoms with Gasteiger partial charge in [-0.1, -0.05) is 6.08 Å². The van der Waals surface area contributed by atoms with Crippen molar-refractivity contribution in [1.82, 2.24) is 4.90 Å². The van der Waals surface area contributed by atoms with Gasteiger partial charge < -0.3 is 9.64 Å². The molecule has 3 heterocycles. The highest BCUT2D eigenvalue weighted by Crippen LogP contribution is 2.53. The molecule has 0 spiro atoms. The Morgan fingerprint density at radius 3 is 3.07 bits per heavy atom. The summed E-state index contributed by atoms with van der Waals surface area (Å²) in [5.74, 6) is 0.719. The maximum absolute atomic E-state index is 11.9. The number of hydrogen-bond acceptors (Lipinski definition) is 2. The lowest BCUT2D eigenvalue weighted by Crippen LogP contribution is -2.39. The van der Waals surface area contributed by atoms with Gasteiger partial charge in [-0.25, -0.2) is 0 Å². The van der Waals surface area contributed by atoms with Crippen molar-refractivity contribution >= 4 is 5.91 Å². The average molecular weight is 193 g/mol. The molecule has 3 aliphatic heterocycles. The molecule has 2 saturated heterocycles. The van der Waals surface area contributed by atoms with Gasteiger partial charge >= 0.3 is 0 Å². The second-order valence-corrected chi connectivity index (χ2v) is 4.90. The average Bonchev–Trinajstić information content (AvgIpc) is 2.64. The van der Waals surface area contributed by atoms with E-state index >= 15 is 0 Å². The van der Waals surface area contributed by atoms with Gasteiger partial charge in [0.15, 0.2) is 0 Å². The molecule has 0 aromatic carbocycles. The minimum absolute atomic E-state index is 0.0718. The molecule has 3 nitrogen and oxygen atoms in total. The van der Waals surface area contributed by atoms with E-state index in [-0.39, 0.29) is 23.5 Å². The molecular formula is C11H15NO2. The highest BCUT2D eigenvalue weighted by molar-refractivity contribution is 5.84. The van der Waals surface area contributed by atoms with E-state index in [2.05, 4.69) is 19.9 Å². The van der Waals surface area contributed by atoms with Crippen molar-refractivity contribution in [2.45, 2.75) is 25.6 Å². The van der Waals surface area contributed by atoms with Gasteiger partial charge in [0.25, 0.3) is 0 Å². The summed E-state index contributed by atoms with van der Waals surface area (Å²) in [4.78, 5) is 13.8. The monoisotopic (exact) mass is 193 g/mol. The summed E-state index contributed by atoms with van der Waals surface area (Å²) in [6, 6.07) is 0. The molecule has 4 atom stereocenters. The van der Waals surface area contributed by atoms with Crippen molar-refractivity contribution < 1.29 is 9.53 Å². The van der Waals surface area contributed by atoms with Gasteiger partial charge in [0, 0.05) is 19.5 Å². The Morgan fingerprint density at radius 2 is 2.36 bits per heavy atom. The van der Waals surface area contributed by atoms with E-state index in [1.165, 1.54) is 5.57 Å². The van der Waals surface area contributed by atoms with Gasteiger partial charge in [0.2, 0.25) is 5.91 Å². The van der Waals surface area contributed by atoms with Crippen LogP contribution in [0.15, 0.2) is 11.6 Å². The molecule has 3 unspecified atom stereocenters. The van der Waals surface area contributed by atoms with Gasteiger partial charge in [-0.3, -0.25) is 4.79 Å². The fraction of sp³-hybridized carbons (Fsp3) is 0.727. The first kappa shape index (κ1) is 8.48. The number of carbonyl (C=O) groups excluding carboxylic acids is 1. The number of nitrogens with zero attached hydrogens (tertiary/aromatic N) is 1. The number of amides is 1. The van der Waals surface area contributed by atoms with Crippen LogP contribution in [-0.2, 0) is 9.53 Å². The number of fused-ring (bicyclic) bond motifs is 5. The molecule has 0 saturated carbocycles. The zero-order valence-electron chi connectivity index (χ0n) is 8.78. The zero-order chi connectivity index (χ0) is 10.1. The maximum Gasteiger partial charge on any atom is 0.229 e. The topological polar surface area (TPSA) is 29.5 Å². The standard InChI is InChI=1S/C11H15NO2/c1-6-4-8-7-5-12(3)10(13)9(7)11(6,2)14-8/h4,7-9H,5H2,1-3H3/t7?,8?,9?,11-/m0/s1. The molecule has 3 aliphatic rings. The Hall–Kier alpha value is -0.830. The summed E-state index contributed by atoms with van der Waals surface area (Å²) in [5.41, 5.74) is 0.921. The number of rotatable bonds is 0. The largest absolute Gasteiger partial charge is 0.362 e. The molecule has 2 bridgehead atoms. The Labute approximate surface area is 83.7 Å². The fourth-order valence-corrected chi connectivity index (χ4v) is 3.22. The molecule has 0 N–H and O–H groups in total. The first-order valence-corrected chi connectivity index (χ1v) is 5.16. The number of likely N-dealkylation sites (tertiary alicyclic amines) is 1. The van der Waals surface area contributed by atoms with Crippen LogP contribution in [-0.4, -0.2) is 36.1 Å². The highest BCUT2D eigenvalue weighted by Gasteiger charge is 2.62. The lowest BCUT2D eigenvalue weighted by atomic mass is 9.74. The van der Waals surface area contributed by atoms with Crippen molar-refractivity contribution in [2.24, 2.45) is 11.8 Å². The maximum atomic E-state index is 11.9. The van der Waals surface area contributed by atoms with E-state index in [1.807, 2.05) is 11.9 Å². The molecule has 2 fully saturated rings. The van der Waals surface area contributed by atoms with Gasteiger partial charge in [-0.15, -0.1) is 0 Å². The van der Waals surface area contributed by atoms with E-state index in [0.29, 0.717) is 5.92 Å². The third-order valence-electron chi connectivity index (χ3n) is 4.15. The highest BCUT2D eigenvalue weighted by atomic mass is 16.5. The van der Waals surface area contributed by atoms with E-state index in [0.717, 1.165) is 6.54 Å². The Kier molecular flexibility index (Phi) is 1.34. The zero-order valence-corrected chi connectivity index (χ0v) is 8.78. The van der Waals surface area contributed by atoms with E-state index < -0.39 is 0 Å². The van der Waals surface area contributed by atoms with Crippen LogP contribution in [0.1, 0.15) is 13.8 Å². The Morgan fingerprint density at radius 1 is 1.64 bits per heavy atom. The van der Waals surface area contributed by atoms with Crippen LogP contribution in [0.4, 0.5) is 0 Å². The smallest absolute Gasteiger partial charge is 0.229 e. The molecule has 0 radical (unpaired) electrons. The second-order valence-electron chi connectivity index (χ2n) is 4.90. The van der Waals surface area contributed by atoms with Crippen LogP contribution in [0.5, 0.6) is 0 Å². The van der Waals surface area contributed by atoms with Crippen LogP contribution in [0, 0.1) is 11.8 Å². The summed E-state index contributed by atoms with van der Waals surface area (Å²) in [6.45, 7) is 4.98. The summed E-state index contributed by atoms with van der Waals surface area (Å²) in [7, 11) is 1.89. The fourth-order valence-electron chi connectivity index (χ4n) is 3.22. The molecule has 3 heteroatoms. The van der Waals surface area contributed by atoms with Crippen molar-refractivity contribution in [3.05, 3.63) is 11.6 Å². The minimum Gasteiger partial charge on any atom is -0.362 e. The van der Waals surface area contributed by atoms with Crippen molar-refractivity contribution in [3.63, 3.8) is 0 Å². The van der Waals surface area contributed by atoms with Crippen LogP contribution >= 0.6 is 0 Å². The van der Waals surface area contributed by atoms with E-state index in [9.17, 15) is 4.79 Å². The first-order chi connectivity index (χ1) is 6.54. The number of ether oxygens (including phenoxy) is 1. The van der Waals surface area contributed by atoms with Gasteiger partial charge in [-0.05, 0) is 19.4 Å². The molecule has 14 heavy (non-hydrogen) atoms. The van der Waals surface area contributed by atoms with E-state index in [4.69, 9.17) is 4.74 Å². The summed E-state index contributed by atoms with van der Waals surface area (Å²) < 4.78 is 5.92. The quantitative estimate of drug-likeness (QED) is 0.533. The Balaban J connectivity index is 2.08. The van der Waals surface area contributed by atoms with Crippen molar-refractivity contribution in [1.29, 1.82) is 0 Å². The molecule has 0 aliphatic carbocycles. The van der Waals surface area contributed by atoms with Gasteiger partial charge in [0.05, 0.1) is 17.6 Å². The Bertz CT molecular complexity index is 349. The van der Waals surface area contributed by atoms with Gasteiger partial charge in [-0.2, -0.15) is 0 Å².